The Balaban J connectivity index is 1.35. The van der Waals surface area contributed by atoms with Crippen molar-refractivity contribution in [2.45, 2.75) is 45.3 Å². The normalized spacial score (nSPS) is 25.7. The second-order valence-corrected chi connectivity index (χ2v) is 11.0. The number of phenols is 1. The summed E-state index contributed by atoms with van der Waals surface area (Å²) in [6.07, 6.45) is 4.63. The number of benzene rings is 1. The number of imide groups is 1. The molecule has 2 saturated heterocycles. The third-order valence-electron chi connectivity index (χ3n) is 7.84. The van der Waals surface area contributed by atoms with Gasteiger partial charge in [0.2, 0.25) is 11.8 Å². The molecular formula is C29H32FNO5S. The summed E-state index contributed by atoms with van der Waals surface area (Å²) in [6.45, 7) is 3.24. The molecule has 4 atom stereocenters. The van der Waals surface area contributed by atoms with Crippen LogP contribution < -0.4 is 0 Å². The molecule has 3 aliphatic rings. The third kappa shape index (κ3) is 5.02. The van der Waals surface area contributed by atoms with Crippen molar-refractivity contribution in [2.75, 3.05) is 20.3 Å². The van der Waals surface area contributed by atoms with E-state index >= 15 is 0 Å². The molecule has 3 heterocycles. The molecule has 196 valence electrons. The number of ether oxygens (including phenoxy) is 2. The first-order chi connectivity index (χ1) is 17.9. The molecule has 1 aromatic heterocycles. The highest BCUT2D eigenvalue weighted by Crippen LogP contribution is 2.50. The third-order valence-corrected chi connectivity index (χ3v) is 8.70. The number of hydrogen-bond acceptors (Lipinski definition) is 6. The zero-order valence-electron chi connectivity index (χ0n) is 21.1. The summed E-state index contributed by atoms with van der Waals surface area (Å²) in [5.41, 5.74) is 4.07. The monoisotopic (exact) mass is 525 g/mol. The van der Waals surface area contributed by atoms with Crippen LogP contribution in [0.3, 0.4) is 0 Å². The van der Waals surface area contributed by atoms with E-state index in [-0.39, 0.29) is 41.4 Å². The summed E-state index contributed by atoms with van der Waals surface area (Å²) in [5.74, 6) is -2.02. The summed E-state index contributed by atoms with van der Waals surface area (Å²) in [5, 5.41) is 11.4. The van der Waals surface area contributed by atoms with Crippen LogP contribution in [0.25, 0.3) is 6.08 Å². The average Bonchev–Trinajstić information content (AvgIpc) is 3.61. The van der Waals surface area contributed by atoms with Gasteiger partial charge in [-0.25, -0.2) is 4.39 Å². The number of aromatic hydroxyl groups is 1. The van der Waals surface area contributed by atoms with E-state index in [0.29, 0.717) is 31.7 Å². The number of amides is 2. The van der Waals surface area contributed by atoms with Gasteiger partial charge in [-0.05, 0) is 66.0 Å². The molecule has 0 bridgehead atoms. The molecule has 1 aliphatic carbocycles. The van der Waals surface area contributed by atoms with Crippen LogP contribution in [-0.4, -0.2) is 48.2 Å². The van der Waals surface area contributed by atoms with Gasteiger partial charge in [0.25, 0.3) is 0 Å². The van der Waals surface area contributed by atoms with Gasteiger partial charge in [0, 0.05) is 17.9 Å². The Labute approximate surface area is 220 Å². The van der Waals surface area contributed by atoms with Crippen molar-refractivity contribution in [2.24, 2.45) is 17.8 Å². The minimum absolute atomic E-state index is 0.0863. The van der Waals surface area contributed by atoms with Gasteiger partial charge in [0.1, 0.15) is 0 Å². The topological polar surface area (TPSA) is 76.1 Å². The number of rotatable bonds is 9. The number of phenolic OH excluding ortho intramolecular Hbond substituents is 1. The van der Waals surface area contributed by atoms with Crippen molar-refractivity contribution >= 4 is 29.2 Å². The van der Waals surface area contributed by atoms with Crippen LogP contribution in [0, 0.1) is 23.6 Å². The lowest BCUT2D eigenvalue weighted by atomic mass is 9.69. The maximum atomic E-state index is 13.8. The van der Waals surface area contributed by atoms with Crippen LogP contribution in [0.2, 0.25) is 0 Å². The lowest BCUT2D eigenvalue weighted by Gasteiger charge is -2.31. The second-order valence-electron chi connectivity index (χ2n) is 10.0. The van der Waals surface area contributed by atoms with E-state index in [1.807, 2.05) is 23.6 Å². The van der Waals surface area contributed by atoms with E-state index in [4.69, 9.17) is 9.47 Å². The average molecular weight is 526 g/mol. The molecule has 2 aliphatic heterocycles. The zero-order valence-corrected chi connectivity index (χ0v) is 21.9. The maximum Gasteiger partial charge on any atom is 0.234 e. The van der Waals surface area contributed by atoms with Crippen molar-refractivity contribution in [1.29, 1.82) is 0 Å². The fourth-order valence-electron chi connectivity index (χ4n) is 6.08. The van der Waals surface area contributed by atoms with Gasteiger partial charge in [-0.1, -0.05) is 30.7 Å². The van der Waals surface area contributed by atoms with Crippen LogP contribution in [0.1, 0.15) is 43.0 Å². The molecule has 1 aromatic carbocycles. The van der Waals surface area contributed by atoms with Crippen LogP contribution in [-0.2, 0) is 25.6 Å². The van der Waals surface area contributed by atoms with E-state index in [2.05, 4.69) is 6.92 Å². The summed E-state index contributed by atoms with van der Waals surface area (Å²) in [6, 6.07) is 8.27. The minimum atomic E-state index is -0.638. The van der Waals surface area contributed by atoms with Crippen molar-refractivity contribution in [3.05, 3.63) is 68.7 Å². The Morgan fingerprint density at radius 1 is 1.27 bits per heavy atom. The molecule has 8 heteroatoms. The Bertz CT molecular complexity index is 1240. The van der Waals surface area contributed by atoms with E-state index in [0.717, 1.165) is 40.9 Å². The first kappa shape index (κ1) is 25.8. The van der Waals surface area contributed by atoms with Crippen molar-refractivity contribution in [1.82, 2.24) is 4.90 Å². The van der Waals surface area contributed by atoms with E-state index in [1.54, 1.807) is 24.5 Å². The number of allylic oxidation sites excluding steroid dienone is 1. The molecule has 1 N–H and O–H groups in total. The van der Waals surface area contributed by atoms with Crippen LogP contribution in [0.15, 0.2) is 52.4 Å². The fraction of sp³-hybridized carbons (Fsp3) is 0.448. The molecule has 0 saturated carbocycles. The summed E-state index contributed by atoms with van der Waals surface area (Å²) in [4.78, 5) is 29.3. The SMILES string of the molecule is CC/C(=C\c1ccc(O)c(F)c1)CC[C@H]1OC[C@H]2C1=C(COC)C[C@H]1C(=O)N(Cc3cccs3)C(=O)[C@H]12. The number of halogens is 1. The summed E-state index contributed by atoms with van der Waals surface area (Å²) < 4.78 is 25.6. The van der Waals surface area contributed by atoms with Crippen molar-refractivity contribution in [3.8, 4) is 5.75 Å². The van der Waals surface area contributed by atoms with Gasteiger partial charge in [-0.15, -0.1) is 11.3 Å². The molecule has 2 fully saturated rings. The lowest BCUT2D eigenvalue weighted by molar-refractivity contribution is -0.140. The Morgan fingerprint density at radius 2 is 2.11 bits per heavy atom. The molecule has 0 spiro atoms. The molecule has 6 nitrogen and oxygen atoms in total. The standard InChI is InChI=1S/C29H32FNO5S/c1-3-17(11-18-6-8-24(32)23(30)12-18)7-9-25-26-19(15-35-2)13-21-27(22(26)16-36-25)29(34)31(28(21)33)14-20-5-4-10-37-20/h4-6,8,10-12,21-22,25,27,32H,3,7,9,13-16H2,1-2H3/b17-11+/t21-,22+,25-,27-/m1/s1. The zero-order chi connectivity index (χ0) is 26.1. The van der Waals surface area contributed by atoms with E-state index in [9.17, 15) is 19.1 Å². The van der Waals surface area contributed by atoms with Gasteiger partial charge < -0.3 is 14.6 Å². The highest BCUT2D eigenvalue weighted by molar-refractivity contribution is 7.09. The number of hydrogen-bond donors (Lipinski definition) is 1. The number of methoxy groups -OCH3 is 1. The quantitative estimate of drug-likeness (QED) is 0.354. The molecule has 5 rings (SSSR count). The lowest BCUT2D eigenvalue weighted by Crippen LogP contribution is -2.35. The van der Waals surface area contributed by atoms with E-state index in [1.165, 1.54) is 17.0 Å². The Hall–Kier alpha value is -2.81. The van der Waals surface area contributed by atoms with Gasteiger partial charge in [0.05, 0.1) is 37.7 Å². The van der Waals surface area contributed by atoms with Crippen molar-refractivity contribution < 1.29 is 28.6 Å². The predicted octanol–water partition coefficient (Wildman–Crippen LogP) is 5.33. The van der Waals surface area contributed by atoms with Crippen LogP contribution in [0.5, 0.6) is 5.75 Å². The van der Waals surface area contributed by atoms with Gasteiger partial charge in [-0.3, -0.25) is 14.5 Å². The molecule has 2 aromatic rings. The highest BCUT2D eigenvalue weighted by atomic mass is 32.1. The molecule has 2 amide bonds. The maximum absolute atomic E-state index is 13.8. The molecule has 0 unspecified atom stereocenters. The van der Waals surface area contributed by atoms with Crippen LogP contribution >= 0.6 is 11.3 Å². The first-order valence-electron chi connectivity index (χ1n) is 12.8. The summed E-state index contributed by atoms with van der Waals surface area (Å²) in [7, 11) is 1.65. The van der Waals surface area contributed by atoms with Gasteiger partial charge in [-0.2, -0.15) is 0 Å². The Kier molecular flexibility index (Phi) is 7.60. The first-order valence-corrected chi connectivity index (χ1v) is 13.7. The van der Waals surface area contributed by atoms with E-state index < -0.39 is 5.82 Å². The Morgan fingerprint density at radius 3 is 2.81 bits per heavy atom. The smallest absolute Gasteiger partial charge is 0.234 e. The highest BCUT2D eigenvalue weighted by Gasteiger charge is 2.56. The largest absolute Gasteiger partial charge is 0.505 e. The van der Waals surface area contributed by atoms with Crippen molar-refractivity contribution in [3.63, 3.8) is 0 Å². The molecule has 0 radical (unpaired) electrons. The number of likely N-dealkylation sites (tertiary alicyclic amines) is 1. The number of carbonyl (C=O) groups is 2. The fourth-order valence-corrected chi connectivity index (χ4v) is 6.77. The minimum Gasteiger partial charge on any atom is -0.505 e. The van der Waals surface area contributed by atoms with Crippen LogP contribution in [0.4, 0.5) is 4.39 Å². The number of nitrogens with zero attached hydrogens (tertiary/aromatic N) is 1. The molecule has 37 heavy (non-hydrogen) atoms. The van der Waals surface area contributed by atoms with Gasteiger partial charge in [0.15, 0.2) is 11.6 Å². The summed E-state index contributed by atoms with van der Waals surface area (Å²) >= 11 is 1.55. The van der Waals surface area contributed by atoms with Gasteiger partial charge >= 0.3 is 0 Å². The number of carbonyl (C=O) groups excluding carboxylic acids is 2. The molecular weight excluding hydrogens is 493 g/mol. The number of fused-ring (bicyclic) bond motifs is 3. The number of thiophene rings is 1. The predicted molar refractivity (Wildman–Crippen MR) is 139 cm³/mol. The second kappa shape index (κ2) is 10.9.